The van der Waals surface area contributed by atoms with Gasteiger partial charge in [-0.05, 0) is 19.1 Å². The highest BCUT2D eigenvalue weighted by Gasteiger charge is 2.33. The minimum absolute atomic E-state index is 0.0124. The number of benzene rings is 1. The molecule has 1 aromatic carbocycles. The van der Waals surface area contributed by atoms with E-state index in [1.165, 1.54) is 12.1 Å². The number of aliphatic imine (C=N–C) groups is 1. The summed E-state index contributed by atoms with van der Waals surface area (Å²) in [5.74, 6) is 5.44. The second-order valence-corrected chi connectivity index (χ2v) is 4.01. The molecular weight excluding hydrogens is 299 g/mol. The van der Waals surface area contributed by atoms with E-state index in [-0.39, 0.29) is 10.3 Å². The zero-order chi connectivity index (χ0) is 13.1. The molecule has 94 valence electrons. The van der Waals surface area contributed by atoms with E-state index in [2.05, 4.69) is 26.3 Å². The molecule has 0 fully saturated rings. The lowest BCUT2D eigenvalue weighted by molar-refractivity contribution is -0.138. The minimum atomic E-state index is -4.42. The normalized spacial score (nSPS) is 12.7. The van der Waals surface area contributed by atoms with Crippen LogP contribution in [-0.4, -0.2) is 12.4 Å². The van der Waals surface area contributed by atoms with Gasteiger partial charge in [0.25, 0.3) is 0 Å². The number of halogens is 4. The molecule has 0 bridgehead atoms. The van der Waals surface area contributed by atoms with E-state index in [0.717, 1.165) is 6.07 Å². The van der Waals surface area contributed by atoms with Crippen molar-refractivity contribution in [1.82, 2.24) is 5.43 Å². The third-order valence-corrected chi connectivity index (χ3v) is 2.69. The molecule has 0 radical (unpaired) electrons. The molecule has 0 spiro atoms. The van der Waals surface area contributed by atoms with Gasteiger partial charge in [-0.1, -0.05) is 22.0 Å². The van der Waals surface area contributed by atoms with Gasteiger partial charge in [0, 0.05) is 16.6 Å². The molecule has 0 aliphatic carbocycles. The minimum Gasteiger partial charge on any atom is -0.308 e. The zero-order valence-electron chi connectivity index (χ0n) is 8.98. The molecule has 0 aliphatic heterocycles. The van der Waals surface area contributed by atoms with Crippen molar-refractivity contribution in [2.75, 3.05) is 6.54 Å². The fraction of sp³-hybridized carbons (Fsp3) is 0.300. The Morgan fingerprint density at radius 2 is 2.12 bits per heavy atom. The first-order chi connectivity index (χ1) is 7.90. The van der Waals surface area contributed by atoms with E-state index in [9.17, 15) is 13.2 Å². The van der Waals surface area contributed by atoms with Crippen molar-refractivity contribution < 1.29 is 13.2 Å². The van der Waals surface area contributed by atoms with Gasteiger partial charge in [0.1, 0.15) is 5.84 Å². The fourth-order valence-corrected chi connectivity index (χ4v) is 1.74. The third-order valence-electron chi connectivity index (χ3n) is 2.00. The van der Waals surface area contributed by atoms with E-state index in [1.54, 1.807) is 6.92 Å². The highest BCUT2D eigenvalue weighted by atomic mass is 79.9. The fourth-order valence-electron chi connectivity index (χ4n) is 1.27. The topological polar surface area (TPSA) is 50.4 Å². The molecular formula is C10H11BrF3N3. The van der Waals surface area contributed by atoms with Gasteiger partial charge in [0.15, 0.2) is 0 Å². The number of nitrogens with zero attached hydrogens (tertiary/aromatic N) is 1. The second kappa shape index (κ2) is 5.50. The molecule has 0 atom stereocenters. The van der Waals surface area contributed by atoms with Crippen LogP contribution in [-0.2, 0) is 6.18 Å². The number of hydrazine groups is 1. The maximum Gasteiger partial charge on any atom is 0.417 e. The number of hydrogen-bond acceptors (Lipinski definition) is 2. The Balaban J connectivity index is 3.25. The van der Waals surface area contributed by atoms with Gasteiger partial charge in [0.05, 0.1) is 5.56 Å². The first-order valence-corrected chi connectivity index (χ1v) is 5.57. The van der Waals surface area contributed by atoms with E-state index in [1.807, 2.05) is 0 Å². The Bertz CT molecular complexity index is 429. The first kappa shape index (κ1) is 14.0. The van der Waals surface area contributed by atoms with Crippen LogP contribution in [0.5, 0.6) is 0 Å². The summed E-state index contributed by atoms with van der Waals surface area (Å²) in [5, 5.41) is 0. The van der Waals surface area contributed by atoms with Crippen molar-refractivity contribution in [2.24, 2.45) is 10.8 Å². The lowest BCUT2D eigenvalue weighted by Gasteiger charge is -2.12. The Morgan fingerprint density at radius 1 is 1.47 bits per heavy atom. The number of nitrogens with two attached hydrogens (primary N) is 1. The van der Waals surface area contributed by atoms with Crippen molar-refractivity contribution >= 4 is 21.8 Å². The molecule has 0 aromatic heterocycles. The summed E-state index contributed by atoms with van der Waals surface area (Å²) in [4.78, 5) is 3.96. The summed E-state index contributed by atoms with van der Waals surface area (Å²) in [5.41, 5.74) is 1.83. The zero-order valence-corrected chi connectivity index (χ0v) is 10.6. The number of amidine groups is 1. The van der Waals surface area contributed by atoms with Gasteiger partial charge in [-0.15, -0.1) is 0 Å². The lowest BCUT2D eigenvalue weighted by atomic mass is 10.1. The first-order valence-electron chi connectivity index (χ1n) is 4.78. The van der Waals surface area contributed by atoms with E-state index in [4.69, 9.17) is 5.84 Å². The molecule has 0 saturated carbocycles. The molecule has 0 heterocycles. The molecule has 3 N–H and O–H groups in total. The van der Waals surface area contributed by atoms with E-state index >= 15 is 0 Å². The average Bonchev–Trinajstić information content (AvgIpc) is 2.25. The molecule has 0 unspecified atom stereocenters. The van der Waals surface area contributed by atoms with E-state index < -0.39 is 11.7 Å². The van der Waals surface area contributed by atoms with Gasteiger partial charge in [-0.25, -0.2) is 5.84 Å². The Morgan fingerprint density at radius 3 is 2.59 bits per heavy atom. The molecule has 17 heavy (non-hydrogen) atoms. The van der Waals surface area contributed by atoms with Crippen LogP contribution in [0.25, 0.3) is 0 Å². The maximum absolute atomic E-state index is 12.7. The van der Waals surface area contributed by atoms with Crippen LogP contribution in [0.4, 0.5) is 13.2 Å². The highest BCUT2D eigenvalue weighted by molar-refractivity contribution is 9.10. The summed E-state index contributed by atoms with van der Waals surface area (Å²) in [6.07, 6.45) is -4.42. The van der Waals surface area contributed by atoms with Crippen LogP contribution in [0.2, 0.25) is 0 Å². The Hall–Kier alpha value is -1.08. The summed E-state index contributed by atoms with van der Waals surface area (Å²) >= 11 is 2.86. The smallest absolute Gasteiger partial charge is 0.308 e. The Kier molecular flexibility index (Phi) is 4.53. The monoisotopic (exact) mass is 309 g/mol. The molecule has 3 nitrogen and oxygen atoms in total. The van der Waals surface area contributed by atoms with Gasteiger partial charge >= 0.3 is 6.18 Å². The predicted octanol–water partition coefficient (Wildman–Crippen LogP) is 2.70. The molecule has 7 heteroatoms. The lowest BCUT2D eigenvalue weighted by Crippen LogP contribution is -2.31. The van der Waals surface area contributed by atoms with Crippen molar-refractivity contribution in [3.05, 3.63) is 33.8 Å². The van der Waals surface area contributed by atoms with Crippen molar-refractivity contribution in [3.8, 4) is 0 Å². The number of rotatable bonds is 2. The summed E-state index contributed by atoms with van der Waals surface area (Å²) in [6, 6.07) is 3.83. The summed E-state index contributed by atoms with van der Waals surface area (Å²) < 4.78 is 38.0. The summed E-state index contributed by atoms with van der Waals surface area (Å²) in [6.45, 7) is 2.19. The Labute approximate surface area is 105 Å². The van der Waals surface area contributed by atoms with Gasteiger partial charge < -0.3 is 5.43 Å². The SMILES string of the molecule is CCN=C(NN)c1ccc(Br)c(C(F)(F)F)c1. The highest BCUT2D eigenvalue weighted by Crippen LogP contribution is 2.35. The molecule has 1 rings (SSSR count). The second-order valence-electron chi connectivity index (χ2n) is 3.16. The van der Waals surface area contributed by atoms with Crippen LogP contribution < -0.4 is 11.3 Å². The van der Waals surface area contributed by atoms with Gasteiger partial charge in [0.2, 0.25) is 0 Å². The average molecular weight is 310 g/mol. The molecule has 0 saturated heterocycles. The predicted molar refractivity (Wildman–Crippen MR) is 63.5 cm³/mol. The van der Waals surface area contributed by atoms with Crippen LogP contribution >= 0.6 is 15.9 Å². The van der Waals surface area contributed by atoms with Gasteiger partial charge in [-0.3, -0.25) is 4.99 Å². The maximum atomic E-state index is 12.7. The van der Waals surface area contributed by atoms with Crippen LogP contribution in [0.1, 0.15) is 18.1 Å². The van der Waals surface area contributed by atoms with Crippen molar-refractivity contribution in [2.45, 2.75) is 13.1 Å². The molecule has 0 amide bonds. The number of nitrogens with one attached hydrogen (secondary N) is 1. The standard InChI is InChI=1S/C10H11BrF3N3/c1-2-16-9(17-15)6-3-4-8(11)7(5-6)10(12,13)14/h3-5H,2,15H2,1H3,(H,16,17). The largest absolute Gasteiger partial charge is 0.417 e. The van der Waals surface area contributed by atoms with Crippen molar-refractivity contribution in [3.63, 3.8) is 0 Å². The van der Waals surface area contributed by atoms with E-state index in [0.29, 0.717) is 12.1 Å². The molecule has 1 aromatic rings. The van der Waals surface area contributed by atoms with Crippen LogP contribution in [0, 0.1) is 0 Å². The van der Waals surface area contributed by atoms with Crippen LogP contribution in [0.3, 0.4) is 0 Å². The quantitative estimate of drug-likeness (QED) is 0.382. The number of hydrogen-bond donors (Lipinski definition) is 2. The van der Waals surface area contributed by atoms with Crippen LogP contribution in [0.15, 0.2) is 27.7 Å². The molecule has 0 aliphatic rings. The van der Waals surface area contributed by atoms with Crippen molar-refractivity contribution in [1.29, 1.82) is 0 Å². The van der Waals surface area contributed by atoms with Gasteiger partial charge in [-0.2, -0.15) is 13.2 Å². The third kappa shape index (κ3) is 3.44. The number of alkyl halides is 3. The summed E-state index contributed by atoms with van der Waals surface area (Å²) in [7, 11) is 0.